The lowest BCUT2D eigenvalue weighted by molar-refractivity contribution is 0.0937. The molecule has 0 saturated heterocycles. The highest BCUT2D eigenvalue weighted by atomic mass is 16.5. The molecule has 0 unspecified atom stereocenters. The molecule has 2 aromatic heterocycles. The summed E-state index contributed by atoms with van der Waals surface area (Å²) in [6.07, 6.45) is 1.50. The largest absolute Gasteiger partial charge is 0.481 e. The predicted octanol–water partition coefficient (Wildman–Crippen LogP) is 2.86. The summed E-state index contributed by atoms with van der Waals surface area (Å²) >= 11 is 0. The fraction of sp³-hybridized carbons (Fsp3) is 0.263. The molecule has 3 aromatic rings. The molecule has 7 heteroatoms. The highest BCUT2D eigenvalue weighted by Crippen LogP contribution is 2.20. The molecule has 0 aliphatic carbocycles. The van der Waals surface area contributed by atoms with Gasteiger partial charge in [0.25, 0.3) is 5.91 Å². The van der Waals surface area contributed by atoms with Crippen LogP contribution >= 0.6 is 0 Å². The third-order valence-electron chi connectivity index (χ3n) is 4.06. The molecule has 1 aromatic carbocycles. The van der Waals surface area contributed by atoms with E-state index in [-0.39, 0.29) is 11.9 Å². The summed E-state index contributed by atoms with van der Waals surface area (Å²) in [6.45, 7) is 4.58. The summed E-state index contributed by atoms with van der Waals surface area (Å²) in [4.78, 5) is 21.1. The quantitative estimate of drug-likeness (QED) is 0.738. The molecule has 1 amide bonds. The molecule has 0 aliphatic rings. The second-order valence-electron chi connectivity index (χ2n) is 5.77. The van der Waals surface area contributed by atoms with Crippen LogP contribution in [0.25, 0.3) is 11.3 Å². The summed E-state index contributed by atoms with van der Waals surface area (Å²) in [6, 6.07) is 12.6. The van der Waals surface area contributed by atoms with Gasteiger partial charge >= 0.3 is 0 Å². The number of pyridine rings is 1. The van der Waals surface area contributed by atoms with E-state index in [9.17, 15) is 4.79 Å². The highest BCUT2D eigenvalue weighted by Gasteiger charge is 2.16. The number of methoxy groups -OCH3 is 1. The molecule has 0 fully saturated rings. The van der Waals surface area contributed by atoms with Gasteiger partial charge < -0.3 is 10.1 Å². The summed E-state index contributed by atoms with van der Waals surface area (Å²) in [5, 5.41) is 7.09. The molecule has 0 saturated carbocycles. The van der Waals surface area contributed by atoms with Crippen LogP contribution in [0.5, 0.6) is 5.88 Å². The normalized spacial score (nSPS) is 11.8. The van der Waals surface area contributed by atoms with Crippen molar-refractivity contribution in [3.05, 3.63) is 60.2 Å². The van der Waals surface area contributed by atoms with E-state index in [4.69, 9.17) is 4.74 Å². The second kappa shape index (κ2) is 7.77. The minimum absolute atomic E-state index is 0.159. The van der Waals surface area contributed by atoms with Gasteiger partial charge in [0, 0.05) is 23.7 Å². The van der Waals surface area contributed by atoms with E-state index in [1.165, 1.54) is 6.33 Å². The van der Waals surface area contributed by atoms with Crippen LogP contribution in [0, 0.1) is 0 Å². The molecule has 1 N–H and O–H groups in total. The van der Waals surface area contributed by atoms with E-state index in [1.54, 1.807) is 30.0 Å². The molecule has 0 radical (unpaired) electrons. The Balaban J connectivity index is 1.72. The Morgan fingerprint density at radius 2 is 2.00 bits per heavy atom. The Labute approximate surface area is 152 Å². The Bertz CT molecular complexity index is 889. The lowest BCUT2D eigenvalue weighted by atomic mass is 10.1. The van der Waals surface area contributed by atoms with Gasteiger partial charge in [-0.3, -0.25) is 4.79 Å². The van der Waals surface area contributed by atoms with Crippen LogP contribution < -0.4 is 10.1 Å². The fourth-order valence-corrected chi connectivity index (χ4v) is 2.68. The predicted molar refractivity (Wildman–Crippen MR) is 97.8 cm³/mol. The van der Waals surface area contributed by atoms with Crippen LogP contribution in [0.2, 0.25) is 0 Å². The van der Waals surface area contributed by atoms with Crippen LogP contribution in [0.3, 0.4) is 0 Å². The van der Waals surface area contributed by atoms with Crippen LogP contribution in [0.15, 0.2) is 48.8 Å². The van der Waals surface area contributed by atoms with Gasteiger partial charge in [-0.1, -0.05) is 18.2 Å². The Kier molecular flexibility index (Phi) is 5.26. The molecule has 7 nitrogen and oxygen atoms in total. The van der Waals surface area contributed by atoms with Gasteiger partial charge in [-0.05, 0) is 32.0 Å². The number of nitrogens with zero attached hydrogens (tertiary/aromatic N) is 4. The number of nitrogens with one attached hydrogen (secondary N) is 1. The maximum atomic E-state index is 12.5. The van der Waals surface area contributed by atoms with E-state index in [1.807, 2.05) is 38.1 Å². The monoisotopic (exact) mass is 351 g/mol. The number of amides is 1. The topological polar surface area (TPSA) is 81.9 Å². The van der Waals surface area contributed by atoms with Crippen molar-refractivity contribution in [2.45, 2.75) is 26.4 Å². The van der Waals surface area contributed by atoms with Crippen molar-refractivity contribution >= 4 is 5.91 Å². The van der Waals surface area contributed by atoms with Crippen molar-refractivity contribution in [3.8, 4) is 17.1 Å². The Morgan fingerprint density at radius 1 is 1.23 bits per heavy atom. The molecule has 0 bridgehead atoms. The van der Waals surface area contributed by atoms with Crippen molar-refractivity contribution < 1.29 is 9.53 Å². The molecular formula is C19H21N5O2. The number of rotatable bonds is 6. The molecule has 0 spiro atoms. The molecular weight excluding hydrogens is 330 g/mol. The van der Waals surface area contributed by atoms with Crippen LogP contribution in [0.4, 0.5) is 0 Å². The average molecular weight is 351 g/mol. The molecule has 26 heavy (non-hydrogen) atoms. The molecule has 2 heterocycles. The van der Waals surface area contributed by atoms with Crippen molar-refractivity contribution in [1.82, 2.24) is 25.1 Å². The average Bonchev–Trinajstić information content (AvgIpc) is 3.17. The van der Waals surface area contributed by atoms with E-state index < -0.39 is 0 Å². The smallest absolute Gasteiger partial charge is 0.251 e. The first-order valence-electron chi connectivity index (χ1n) is 8.42. The van der Waals surface area contributed by atoms with Gasteiger partial charge in [-0.25, -0.2) is 14.6 Å². The van der Waals surface area contributed by atoms with Crippen LogP contribution in [-0.4, -0.2) is 32.8 Å². The van der Waals surface area contributed by atoms with Crippen LogP contribution in [0.1, 0.15) is 36.1 Å². The molecule has 3 rings (SSSR count). The van der Waals surface area contributed by atoms with Crippen LogP contribution in [-0.2, 0) is 6.54 Å². The third-order valence-corrected chi connectivity index (χ3v) is 4.06. The minimum atomic E-state index is -0.232. The summed E-state index contributed by atoms with van der Waals surface area (Å²) in [5.74, 6) is 1.13. The standard InChI is InChI=1S/C19H21N5O2/c1-4-24-18(20-12-21-24)13(2)22-19(25)15-10-8-14(9-11-15)16-6-5-7-17(23-16)26-3/h5-13H,4H2,1-3H3,(H,22,25)/t13-/m1/s1. The Morgan fingerprint density at radius 3 is 2.69 bits per heavy atom. The maximum Gasteiger partial charge on any atom is 0.251 e. The molecule has 1 atom stereocenters. The first-order chi connectivity index (χ1) is 12.6. The van der Waals surface area contributed by atoms with Gasteiger partial charge in [0.1, 0.15) is 12.2 Å². The minimum Gasteiger partial charge on any atom is -0.481 e. The zero-order chi connectivity index (χ0) is 18.5. The summed E-state index contributed by atoms with van der Waals surface area (Å²) < 4.78 is 6.91. The van der Waals surface area contributed by atoms with E-state index in [2.05, 4.69) is 20.4 Å². The van der Waals surface area contributed by atoms with E-state index in [0.717, 1.165) is 17.1 Å². The number of hydrogen-bond donors (Lipinski definition) is 1. The van der Waals surface area contributed by atoms with Gasteiger partial charge in [0.15, 0.2) is 0 Å². The Hall–Kier alpha value is -3.22. The lowest BCUT2D eigenvalue weighted by Gasteiger charge is -2.14. The van der Waals surface area contributed by atoms with Gasteiger partial charge in [0.2, 0.25) is 5.88 Å². The van der Waals surface area contributed by atoms with Gasteiger partial charge in [-0.2, -0.15) is 5.10 Å². The zero-order valence-corrected chi connectivity index (χ0v) is 15.0. The lowest BCUT2D eigenvalue weighted by Crippen LogP contribution is -2.28. The van der Waals surface area contributed by atoms with Gasteiger partial charge in [-0.15, -0.1) is 0 Å². The third kappa shape index (κ3) is 3.72. The number of ether oxygens (including phenoxy) is 1. The number of carbonyl (C=O) groups is 1. The second-order valence-corrected chi connectivity index (χ2v) is 5.77. The molecule has 134 valence electrons. The first kappa shape index (κ1) is 17.6. The van der Waals surface area contributed by atoms with Crippen molar-refractivity contribution in [2.24, 2.45) is 0 Å². The number of carbonyl (C=O) groups excluding carboxylic acids is 1. The number of aromatic nitrogens is 4. The van der Waals surface area contributed by atoms with E-state index >= 15 is 0 Å². The number of aryl methyl sites for hydroxylation is 1. The van der Waals surface area contributed by atoms with Crippen molar-refractivity contribution in [1.29, 1.82) is 0 Å². The molecule has 0 aliphatic heterocycles. The van der Waals surface area contributed by atoms with E-state index in [0.29, 0.717) is 18.0 Å². The van der Waals surface area contributed by atoms with Gasteiger partial charge in [0.05, 0.1) is 18.8 Å². The zero-order valence-electron chi connectivity index (χ0n) is 15.0. The summed E-state index contributed by atoms with van der Waals surface area (Å²) in [5.41, 5.74) is 2.28. The summed E-state index contributed by atoms with van der Waals surface area (Å²) in [7, 11) is 1.58. The SMILES string of the molecule is CCn1ncnc1[C@@H](C)NC(=O)c1ccc(-c2cccc(OC)n2)cc1. The van der Waals surface area contributed by atoms with Crippen molar-refractivity contribution in [3.63, 3.8) is 0 Å². The first-order valence-corrected chi connectivity index (χ1v) is 8.42. The fourth-order valence-electron chi connectivity index (χ4n) is 2.68. The highest BCUT2D eigenvalue weighted by molar-refractivity contribution is 5.94. The number of hydrogen-bond acceptors (Lipinski definition) is 5. The van der Waals surface area contributed by atoms with Crippen molar-refractivity contribution in [2.75, 3.05) is 7.11 Å². The number of benzene rings is 1. The maximum absolute atomic E-state index is 12.5.